The van der Waals surface area contributed by atoms with Crippen LogP contribution >= 0.6 is 0 Å². The molecule has 1 aliphatic carbocycles. The summed E-state index contributed by atoms with van der Waals surface area (Å²) < 4.78 is 1.79. The summed E-state index contributed by atoms with van der Waals surface area (Å²) >= 11 is 0. The molecular formula is C18H23N3O2. The predicted molar refractivity (Wildman–Crippen MR) is 88.2 cm³/mol. The molecule has 1 fully saturated rings. The number of nitrogens with zero attached hydrogens (tertiary/aromatic N) is 2. The second kappa shape index (κ2) is 6.54. The molecule has 5 heteroatoms. The van der Waals surface area contributed by atoms with Gasteiger partial charge in [-0.25, -0.2) is 4.68 Å². The summed E-state index contributed by atoms with van der Waals surface area (Å²) in [6.07, 6.45) is 6.95. The van der Waals surface area contributed by atoms with Gasteiger partial charge in [-0.15, -0.1) is 0 Å². The topological polar surface area (TPSA) is 67.2 Å². The molecule has 0 spiro atoms. The van der Waals surface area contributed by atoms with E-state index in [-0.39, 0.29) is 24.0 Å². The van der Waals surface area contributed by atoms with E-state index >= 15 is 0 Å². The number of hydrogen-bond acceptors (Lipinski definition) is 3. The maximum atomic E-state index is 12.3. The molecule has 0 radical (unpaired) electrons. The predicted octanol–water partition coefficient (Wildman–Crippen LogP) is 2.08. The van der Waals surface area contributed by atoms with Crippen LogP contribution in [0.2, 0.25) is 0 Å². The van der Waals surface area contributed by atoms with Crippen LogP contribution in [0.4, 0.5) is 0 Å². The van der Waals surface area contributed by atoms with Crippen molar-refractivity contribution in [3.63, 3.8) is 0 Å². The van der Waals surface area contributed by atoms with E-state index in [4.69, 9.17) is 0 Å². The summed E-state index contributed by atoms with van der Waals surface area (Å²) in [4.78, 5) is 12.3. The molecular weight excluding hydrogens is 290 g/mol. The second-order valence-corrected chi connectivity index (χ2v) is 6.62. The third-order valence-electron chi connectivity index (χ3n) is 4.85. The lowest BCUT2D eigenvalue weighted by Gasteiger charge is -2.30. The Balaban J connectivity index is 1.60. The van der Waals surface area contributed by atoms with Crippen molar-refractivity contribution in [1.29, 1.82) is 0 Å². The molecule has 1 aliphatic rings. The van der Waals surface area contributed by atoms with Crippen LogP contribution in [-0.2, 0) is 11.2 Å². The first-order valence-electron chi connectivity index (χ1n) is 8.10. The maximum Gasteiger partial charge on any atom is 0.224 e. The minimum Gasteiger partial charge on any atom is -0.396 e. The minimum absolute atomic E-state index is 0.0171. The maximum absolute atomic E-state index is 12.3. The molecule has 23 heavy (non-hydrogen) atoms. The van der Waals surface area contributed by atoms with Crippen molar-refractivity contribution < 1.29 is 9.90 Å². The Morgan fingerprint density at radius 1 is 1.43 bits per heavy atom. The Hall–Kier alpha value is -2.14. The Bertz CT molecular complexity index is 651. The average molecular weight is 313 g/mol. The van der Waals surface area contributed by atoms with E-state index in [0.717, 1.165) is 30.5 Å². The fraction of sp³-hybridized carbons (Fsp3) is 0.444. The lowest BCUT2D eigenvalue weighted by Crippen LogP contribution is -2.45. The van der Waals surface area contributed by atoms with Gasteiger partial charge in [0, 0.05) is 23.9 Å². The molecule has 3 rings (SSSR count). The second-order valence-electron chi connectivity index (χ2n) is 6.62. The lowest BCUT2D eigenvalue weighted by molar-refractivity contribution is -0.122. The van der Waals surface area contributed by atoms with Crippen molar-refractivity contribution in [2.75, 3.05) is 6.61 Å². The summed E-state index contributed by atoms with van der Waals surface area (Å²) in [6, 6.07) is 9.78. The van der Waals surface area contributed by atoms with E-state index in [9.17, 15) is 9.90 Å². The molecule has 1 aromatic carbocycles. The number of rotatable bonds is 5. The van der Waals surface area contributed by atoms with Gasteiger partial charge < -0.3 is 10.4 Å². The van der Waals surface area contributed by atoms with Crippen LogP contribution in [-0.4, -0.2) is 33.4 Å². The largest absolute Gasteiger partial charge is 0.396 e. The number of aromatic nitrogens is 2. The van der Waals surface area contributed by atoms with Crippen LogP contribution in [0.15, 0.2) is 42.7 Å². The minimum atomic E-state index is -0.181. The summed E-state index contributed by atoms with van der Waals surface area (Å²) in [6.45, 7) is 2.17. The number of benzene rings is 1. The molecule has 1 amide bonds. The van der Waals surface area contributed by atoms with Crippen molar-refractivity contribution >= 4 is 5.91 Å². The lowest BCUT2D eigenvalue weighted by atomic mass is 9.85. The summed E-state index contributed by atoms with van der Waals surface area (Å²) in [5.74, 6) is 0.0171. The number of carbonyl (C=O) groups is 1. The quantitative estimate of drug-likeness (QED) is 0.888. The van der Waals surface area contributed by atoms with Crippen LogP contribution in [0.1, 0.15) is 31.7 Å². The fourth-order valence-corrected chi connectivity index (χ4v) is 3.29. The van der Waals surface area contributed by atoms with Gasteiger partial charge in [0.1, 0.15) is 0 Å². The fourth-order valence-electron chi connectivity index (χ4n) is 3.29. The van der Waals surface area contributed by atoms with Crippen LogP contribution < -0.4 is 5.32 Å². The van der Waals surface area contributed by atoms with Crippen molar-refractivity contribution in [2.24, 2.45) is 5.41 Å². The highest BCUT2D eigenvalue weighted by Gasteiger charge is 2.38. The summed E-state index contributed by atoms with van der Waals surface area (Å²) in [5.41, 5.74) is 1.77. The van der Waals surface area contributed by atoms with Crippen molar-refractivity contribution in [2.45, 2.75) is 38.6 Å². The number of nitrogens with one attached hydrogen (secondary N) is 1. The third-order valence-corrected chi connectivity index (χ3v) is 4.85. The molecule has 2 N–H and O–H groups in total. The van der Waals surface area contributed by atoms with Gasteiger partial charge in [-0.2, -0.15) is 5.10 Å². The molecule has 0 saturated heterocycles. The average Bonchev–Trinajstić information content (AvgIpc) is 3.19. The van der Waals surface area contributed by atoms with Gasteiger partial charge >= 0.3 is 0 Å². The first-order valence-corrected chi connectivity index (χ1v) is 8.10. The molecule has 122 valence electrons. The first kappa shape index (κ1) is 15.7. The molecule has 1 heterocycles. The number of carbonyl (C=O) groups excluding carboxylic acids is 1. The van der Waals surface area contributed by atoms with E-state index in [1.807, 2.05) is 43.5 Å². The van der Waals surface area contributed by atoms with Crippen molar-refractivity contribution in [1.82, 2.24) is 15.1 Å². The highest BCUT2D eigenvalue weighted by atomic mass is 16.3. The molecule has 1 saturated carbocycles. The smallest absolute Gasteiger partial charge is 0.224 e. The molecule has 5 nitrogen and oxygen atoms in total. The standard InChI is InChI=1S/C18H23N3O2/c1-18(13-22)9-2-4-16(18)20-17(23)12-14-5-7-15(8-6-14)21-11-3-10-19-21/h3,5-8,10-11,16,22H,2,4,9,12-13H2,1H3,(H,20,23). The highest BCUT2D eigenvalue weighted by molar-refractivity contribution is 5.79. The monoisotopic (exact) mass is 313 g/mol. The summed E-state index contributed by atoms with van der Waals surface area (Å²) in [5, 5.41) is 16.8. The Morgan fingerprint density at radius 2 is 2.22 bits per heavy atom. The Labute approximate surface area is 136 Å². The molecule has 0 bridgehead atoms. The molecule has 1 aromatic heterocycles. The van der Waals surface area contributed by atoms with Crippen LogP contribution in [0.25, 0.3) is 5.69 Å². The van der Waals surface area contributed by atoms with E-state index < -0.39 is 0 Å². The van der Waals surface area contributed by atoms with Gasteiger partial charge in [0.25, 0.3) is 0 Å². The van der Waals surface area contributed by atoms with Gasteiger partial charge in [-0.1, -0.05) is 25.5 Å². The Morgan fingerprint density at radius 3 is 2.87 bits per heavy atom. The SMILES string of the molecule is CC1(CO)CCCC1NC(=O)Cc1ccc(-n2cccn2)cc1. The van der Waals surface area contributed by atoms with Crippen molar-refractivity contribution in [3.05, 3.63) is 48.3 Å². The van der Waals surface area contributed by atoms with E-state index in [0.29, 0.717) is 6.42 Å². The molecule has 0 aliphatic heterocycles. The number of amides is 1. The van der Waals surface area contributed by atoms with E-state index in [2.05, 4.69) is 10.4 Å². The van der Waals surface area contributed by atoms with Gasteiger partial charge in [0.2, 0.25) is 5.91 Å². The molecule has 2 unspecified atom stereocenters. The van der Waals surface area contributed by atoms with Crippen LogP contribution in [0.3, 0.4) is 0 Å². The summed E-state index contributed by atoms with van der Waals surface area (Å²) in [7, 11) is 0. The zero-order valence-electron chi connectivity index (χ0n) is 13.4. The number of aliphatic hydroxyl groups is 1. The Kier molecular flexibility index (Phi) is 4.48. The van der Waals surface area contributed by atoms with Gasteiger partial charge in [-0.3, -0.25) is 4.79 Å². The van der Waals surface area contributed by atoms with Crippen LogP contribution in [0, 0.1) is 5.41 Å². The number of hydrogen-bond donors (Lipinski definition) is 2. The van der Waals surface area contributed by atoms with E-state index in [1.165, 1.54) is 0 Å². The van der Waals surface area contributed by atoms with E-state index in [1.54, 1.807) is 10.9 Å². The van der Waals surface area contributed by atoms with Gasteiger partial charge in [0.15, 0.2) is 0 Å². The van der Waals surface area contributed by atoms with Crippen LogP contribution in [0.5, 0.6) is 0 Å². The number of aliphatic hydroxyl groups excluding tert-OH is 1. The first-order chi connectivity index (χ1) is 11.1. The highest BCUT2D eigenvalue weighted by Crippen LogP contribution is 2.37. The molecule has 2 atom stereocenters. The van der Waals surface area contributed by atoms with Gasteiger partial charge in [-0.05, 0) is 36.6 Å². The zero-order valence-corrected chi connectivity index (χ0v) is 13.4. The molecule has 2 aromatic rings. The zero-order chi connectivity index (χ0) is 16.3. The van der Waals surface area contributed by atoms with Gasteiger partial charge in [0.05, 0.1) is 18.7 Å². The normalized spacial score (nSPS) is 23.8. The van der Waals surface area contributed by atoms with Crippen molar-refractivity contribution in [3.8, 4) is 5.69 Å². The third kappa shape index (κ3) is 3.45.